The Bertz CT molecular complexity index is 919. The van der Waals surface area contributed by atoms with E-state index in [4.69, 9.17) is 9.84 Å². The molecule has 1 aromatic heterocycles. The van der Waals surface area contributed by atoms with Crippen LogP contribution >= 0.6 is 0 Å². The summed E-state index contributed by atoms with van der Waals surface area (Å²) in [5, 5.41) is 16.6. The molecule has 0 aliphatic heterocycles. The minimum atomic E-state index is -1.08. The number of aromatic nitrogens is 2. The molecular formula is C18H17N3O4. The fourth-order valence-corrected chi connectivity index (χ4v) is 2.54. The zero-order valence-corrected chi connectivity index (χ0v) is 13.6. The number of benzene rings is 2. The number of carbonyl (C=O) groups excluding carboxylic acids is 1. The predicted octanol–water partition coefficient (Wildman–Crippen LogP) is 2.51. The van der Waals surface area contributed by atoms with Crippen molar-refractivity contribution in [3.8, 4) is 5.88 Å². The number of nitrogens with zero attached hydrogens (tertiary/aromatic N) is 2. The van der Waals surface area contributed by atoms with Gasteiger partial charge in [-0.25, -0.2) is 4.79 Å². The van der Waals surface area contributed by atoms with Gasteiger partial charge in [0.15, 0.2) is 6.61 Å². The number of carboxylic acid groups (broad SMARTS) is 1. The maximum absolute atomic E-state index is 11.3. The third kappa shape index (κ3) is 3.95. The number of fused-ring (bicyclic) bond motifs is 1. The highest BCUT2D eigenvalue weighted by molar-refractivity contribution is 5.94. The quantitative estimate of drug-likeness (QED) is 0.720. The highest BCUT2D eigenvalue weighted by Crippen LogP contribution is 2.28. The molecule has 0 saturated carbocycles. The van der Waals surface area contributed by atoms with Crippen molar-refractivity contribution in [1.82, 2.24) is 9.78 Å². The molecule has 1 heterocycles. The van der Waals surface area contributed by atoms with Crippen LogP contribution < -0.4 is 10.1 Å². The molecule has 25 heavy (non-hydrogen) atoms. The first-order chi connectivity index (χ1) is 12.0. The van der Waals surface area contributed by atoms with Crippen LogP contribution in [-0.2, 0) is 16.1 Å². The first-order valence-electron chi connectivity index (χ1n) is 7.69. The topological polar surface area (TPSA) is 93.4 Å². The summed E-state index contributed by atoms with van der Waals surface area (Å²) in [4.78, 5) is 22.1. The van der Waals surface area contributed by atoms with Gasteiger partial charge < -0.3 is 15.2 Å². The Labute approximate surface area is 143 Å². The van der Waals surface area contributed by atoms with E-state index in [0.29, 0.717) is 17.6 Å². The Morgan fingerprint density at radius 3 is 2.64 bits per heavy atom. The summed E-state index contributed by atoms with van der Waals surface area (Å²) >= 11 is 0. The van der Waals surface area contributed by atoms with Crippen LogP contribution in [0, 0.1) is 0 Å². The maximum atomic E-state index is 11.3. The van der Waals surface area contributed by atoms with Crippen LogP contribution in [0.1, 0.15) is 12.5 Å². The van der Waals surface area contributed by atoms with E-state index in [0.717, 1.165) is 11.1 Å². The van der Waals surface area contributed by atoms with Gasteiger partial charge in [-0.05, 0) is 23.8 Å². The Kier molecular flexibility index (Phi) is 4.65. The lowest BCUT2D eigenvalue weighted by atomic mass is 10.2. The molecule has 0 saturated heterocycles. The van der Waals surface area contributed by atoms with Crippen LogP contribution in [0.3, 0.4) is 0 Å². The largest absolute Gasteiger partial charge is 0.479 e. The summed E-state index contributed by atoms with van der Waals surface area (Å²) in [5.74, 6) is -1.05. The third-order valence-electron chi connectivity index (χ3n) is 3.54. The Morgan fingerprint density at radius 2 is 1.96 bits per heavy atom. The summed E-state index contributed by atoms with van der Waals surface area (Å²) < 4.78 is 7.06. The van der Waals surface area contributed by atoms with Crippen molar-refractivity contribution < 1.29 is 19.4 Å². The fourth-order valence-electron chi connectivity index (χ4n) is 2.54. The lowest BCUT2D eigenvalue weighted by molar-refractivity contribution is -0.139. The van der Waals surface area contributed by atoms with Crippen molar-refractivity contribution in [2.24, 2.45) is 0 Å². The second-order valence-corrected chi connectivity index (χ2v) is 5.54. The number of hydrogen-bond acceptors (Lipinski definition) is 4. The summed E-state index contributed by atoms with van der Waals surface area (Å²) in [5.41, 5.74) is 2.44. The lowest BCUT2D eigenvalue weighted by Crippen LogP contribution is -2.10. The molecular weight excluding hydrogens is 322 g/mol. The van der Waals surface area contributed by atoms with Gasteiger partial charge >= 0.3 is 5.97 Å². The monoisotopic (exact) mass is 339 g/mol. The Hall–Kier alpha value is -3.35. The number of carboxylic acids is 1. The highest BCUT2D eigenvalue weighted by atomic mass is 16.5. The van der Waals surface area contributed by atoms with Crippen molar-refractivity contribution in [3.05, 3.63) is 54.1 Å². The normalized spacial score (nSPS) is 10.6. The number of anilines is 1. The van der Waals surface area contributed by atoms with Crippen molar-refractivity contribution in [3.63, 3.8) is 0 Å². The molecule has 7 heteroatoms. The van der Waals surface area contributed by atoms with Crippen LogP contribution in [0.5, 0.6) is 5.88 Å². The van der Waals surface area contributed by atoms with Crippen LogP contribution in [0.15, 0.2) is 48.5 Å². The molecule has 0 bridgehead atoms. The van der Waals surface area contributed by atoms with E-state index in [1.54, 1.807) is 16.8 Å². The lowest BCUT2D eigenvalue weighted by Gasteiger charge is -2.05. The van der Waals surface area contributed by atoms with Crippen LogP contribution in [0.25, 0.3) is 10.9 Å². The molecule has 2 N–H and O–H groups in total. The summed E-state index contributed by atoms with van der Waals surface area (Å²) in [7, 11) is 0. The molecule has 3 aromatic rings. The van der Waals surface area contributed by atoms with Gasteiger partial charge in [-0.1, -0.05) is 30.3 Å². The van der Waals surface area contributed by atoms with E-state index in [1.807, 2.05) is 36.4 Å². The molecule has 128 valence electrons. The second-order valence-electron chi connectivity index (χ2n) is 5.54. The number of amides is 1. The summed E-state index contributed by atoms with van der Waals surface area (Å²) in [6, 6.07) is 15.1. The first-order valence-corrected chi connectivity index (χ1v) is 7.69. The minimum Gasteiger partial charge on any atom is -0.479 e. The zero-order valence-electron chi connectivity index (χ0n) is 13.6. The van der Waals surface area contributed by atoms with E-state index in [-0.39, 0.29) is 11.8 Å². The van der Waals surface area contributed by atoms with Gasteiger partial charge in [0.2, 0.25) is 11.8 Å². The van der Waals surface area contributed by atoms with Crippen LogP contribution in [-0.4, -0.2) is 33.4 Å². The first kappa shape index (κ1) is 16.5. The summed E-state index contributed by atoms with van der Waals surface area (Å²) in [6.45, 7) is 1.46. The molecule has 1 amide bonds. The van der Waals surface area contributed by atoms with Crippen molar-refractivity contribution >= 4 is 28.5 Å². The molecule has 0 aliphatic carbocycles. The Morgan fingerprint density at radius 1 is 1.20 bits per heavy atom. The molecule has 0 atom stereocenters. The van der Waals surface area contributed by atoms with Gasteiger partial charge in [0.25, 0.3) is 0 Å². The van der Waals surface area contributed by atoms with E-state index in [9.17, 15) is 9.59 Å². The van der Waals surface area contributed by atoms with Crippen molar-refractivity contribution in [2.75, 3.05) is 11.9 Å². The van der Waals surface area contributed by atoms with Gasteiger partial charge in [0, 0.05) is 12.6 Å². The SMILES string of the molecule is CC(=O)Nc1ccc2c(c1)c(OCC(=O)O)nn2Cc1ccccc1. The number of carbonyl (C=O) groups is 2. The smallest absolute Gasteiger partial charge is 0.341 e. The average molecular weight is 339 g/mol. The summed E-state index contributed by atoms with van der Waals surface area (Å²) in [6.07, 6.45) is 0. The molecule has 3 rings (SSSR count). The number of ether oxygens (including phenoxy) is 1. The molecule has 2 aromatic carbocycles. The van der Waals surface area contributed by atoms with Gasteiger partial charge in [-0.3, -0.25) is 9.48 Å². The highest BCUT2D eigenvalue weighted by Gasteiger charge is 2.14. The zero-order chi connectivity index (χ0) is 17.8. The predicted molar refractivity (Wildman–Crippen MR) is 92.7 cm³/mol. The van der Waals surface area contributed by atoms with Gasteiger partial charge in [-0.15, -0.1) is 5.10 Å². The standard InChI is InChI=1S/C18H17N3O4/c1-12(22)19-14-7-8-16-15(9-14)18(25-11-17(23)24)20-21(16)10-13-5-3-2-4-6-13/h2-9H,10-11H2,1H3,(H,19,22)(H,23,24). The number of aliphatic carboxylic acids is 1. The maximum Gasteiger partial charge on any atom is 0.341 e. The molecule has 0 aliphatic rings. The number of nitrogens with one attached hydrogen (secondary N) is 1. The molecule has 0 unspecified atom stereocenters. The molecule has 0 fully saturated rings. The Balaban J connectivity index is 2.01. The van der Waals surface area contributed by atoms with Crippen molar-refractivity contribution in [2.45, 2.75) is 13.5 Å². The molecule has 7 nitrogen and oxygen atoms in total. The second kappa shape index (κ2) is 7.04. The van der Waals surface area contributed by atoms with Crippen molar-refractivity contribution in [1.29, 1.82) is 0 Å². The number of rotatable bonds is 6. The van der Waals surface area contributed by atoms with Gasteiger partial charge in [-0.2, -0.15) is 0 Å². The van der Waals surface area contributed by atoms with E-state index >= 15 is 0 Å². The fraction of sp³-hybridized carbons (Fsp3) is 0.167. The van der Waals surface area contributed by atoms with E-state index in [1.165, 1.54) is 6.92 Å². The van der Waals surface area contributed by atoms with E-state index < -0.39 is 12.6 Å². The van der Waals surface area contributed by atoms with Gasteiger partial charge in [0.1, 0.15) is 0 Å². The van der Waals surface area contributed by atoms with Crippen LogP contribution in [0.2, 0.25) is 0 Å². The average Bonchev–Trinajstić information content (AvgIpc) is 2.90. The molecule has 0 radical (unpaired) electrons. The minimum absolute atomic E-state index is 0.191. The van der Waals surface area contributed by atoms with E-state index in [2.05, 4.69) is 10.4 Å². The molecule has 0 spiro atoms. The van der Waals surface area contributed by atoms with Crippen LogP contribution in [0.4, 0.5) is 5.69 Å². The number of hydrogen-bond donors (Lipinski definition) is 2. The third-order valence-corrected chi connectivity index (χ3v) is 3.54. The van der Waals surface area contributed by atoms with Gasteiger partial charge in [0.05, 0.1) is 17.4 Å².